The van der Waals surface area contributed by atoms with E-state index in [-0.39, 0.29) is 12.5 Å². The molecule has 2 rings (SSSR count). The average molecular weight is 248 g/mol. The van der Waals surface area contributed by atoms with Gasteiger partial charge in [-0.3, -0.25) is 0 Å². The molecular formula is C12H12N2O4. The van der Waals surface area contributed by atoms with E-state index in [9.17, 15) is 4.79 Å². The summed E-state index contributed by atoms with van der Waals surface area (Å²) in [6, 6.07) is 9.34. The van der Waals surface area contributed by atoms with Crippen molar-refractivity contribution < 1.29 is 19.2 Å². The molecule has 0 spiro atoms. The summed E-state index contributed by atoms with van der Waals surface area (Å²) in [4.78, 5) is 14.7. The number of aromatic nitrogens is 2. The fourth-order valence-corrected chi connectivity index (χ4v) is 1.29. The molecule has 0 aliphatic heterocycles. The van der Waals surface area contributed by atoms with Crippen LogP contribution >= 0.6 is 0 Å². The SMILES string of the molecule is C[C@@H](OCc1nc(-c2ccccc2)no1)C(=O)O. The van der Waals surface area contributed by atoms with Crippen LogP contribution in [0.2, 0.25) is 0 Å². The molecule has 1 N–H and O–H groups in total. The average Bonchev–Trinajstić information content (AvgIpc) is 2.85. The van der Waals surface area contributed by atoms with Gasteiger partial charge in [-0.2, -0.15) is 4.98 Å². The van der Waals surface area contributed by atoms with Crippen LogP contribution in [-0.4, -0.2) is 27.3 Å². The first kappa shape index (κ1) is 12.3. The minimum Gasteiger partial charge on any atom is -0.479 e. The second kappa shape index (κ2) is 5.42. The molecule has 0 amide bonds. The van der Waals surface area contributed by atoms with E-state index in [1.165, 1.54) is 6.92 Å². The largest absolute Gasteiger partial charge is 0.479 e. The first-order valence-electron chi connectivity index (χ1n) is 5.39. The van der Waals surface area contributed by atoms with Crippen LogP contribution in [0.3, 0.4) is 0 Å². The van der Waals surface area contributed by atoms with Crippen LogP contribution in [0.15, 0.2) is 34.9 Å². The van der Waals surface area contributed by atoms with E-state index < -0.39 is 12.1 Å². The van der Waals surface area contributed by atoms with Crippen LogP contribution in [0.25, 0.3) is 11.4 Å². The Morgan fingerprint density at radius 1 is 1.44 bits per heavy atom. The number of hydrogen-bond donors (Lipinski definition) is 1. The van der Waals surface area contributed by atoms with Crippen molar-refractivity contribution >= 4 is 5.97 Å². The zero-order valence-electron chi connectivity index (χ0n) is 9.74. The summed E-state index contributed by atoms with van der Waals surface area (Å²) >= 11 is 0. The highest BCUT2D eigenvalue weighted by atomic mass is 16.5. The summed E-state index contributed by atoms with van der Waals surface area (Å²) in [5.41, 5.74) is 0.832. The lowest BCUT2D eigenvalue weighted by Gasteiger charge is -2.04. The van der Waals surface area contributed by atoms with Gasteiger partial charge >= 0.3 is 5.97 Å². The van der Waals surface area contributed by atoms with Crippen molar-refractivity contribution in [2.24, 2.45) is 0 Å². The summed E-state index contributed by atoms with van der Waals surface area (Å²) in [6.45, 7) is 1.42. The van der Waals surface area contributed by atoms with Crippen LogP contribution in [-0.2, 0) is 16.1 Å². The number of ether oxygens (including phenoxy) is 1. The second-order valence-corrected chi connectivity index (χ2v) is 3.67. The Bertz CT molecular complexity index is 524. The molecule has 0 saturated heterocycles. The van der Waals surface area contributed by atoms with E-state index in [0.717, 1.165) is 5.56 Å². The molecule has 0 bridgehead atoms. The molecule has 6 nitrogen and oxygen atoms in total. The van der Waals surface area contributed by atoms with Gasteiger partial charge in [-0.15, -0.1) is 0 Å². The standard InChI is InChI=1S/C12H12N2O4/c1-8(12(15)16)17-7-10-13-11(14-18-10)9-5-3-2-4-6-9/h2-6,8H,7H2,1H3,(H,15,16)/t8-/m1/s1. The Kier molecular flexibility index (Phi) is 3.69. The van der Waals surface area contributed by atoms with Gasteiger partial charge in [0.15, 0.2) is 6.10 Å². The number of hydrogen-bond acceptors (Lipinski definition) is 5. The van der Waals surface area contributed by atoms with Gasteiger partial charge in [-0.05, 0) is 6.92 Å². The van der Waals surface area contributed by atoms with Crippen LogP contribution in [0.1, 0.15) is 12.8 Å². The summed E-state index contributed by atoms with van der Waals surface area (Å²) in [5, 5.41) is 12.4. The first-order valence-corrected chi connectivity index (χ1v) is 5.39. The molecule has 0 aliphatic carbocycles. The molecule has 18 heavy (non-hydrogen) atoms. The third kappa shape index (κ3) is 2.92. The highest BCUT2D eigenvalue weighted by molar-refractivity contribution is 5.71. The number of carboxylic acid groups (broad SMARTS) is 1. The van der Waals surface area contributed by atoms with Crippen molar-refractivity contribution in [3.63, 3.8) is 0 Å². The zero-order valence-corrected chi connectivity index (χ0v) is 9.74. The predicted molar refractivity (Wildman–Crippen MR) is 61.6 cm³/mol. The Morgan fingerprint density at radius 3 is 2.83 bits per heavy atom. The molecule has 0 aliphatic rings. The van der Waals surface area contributed by atoms with Gasteiger partial charge in [-0.25, -0.2) is 4.79 Å². The maximum Gasteiger partial charge on any atom is 0.332 e. The van der Waals surface area contributed by atoms with E-state index in [4.69, 9.17) is 14.4 Å². The molecule has 6 heteroatoms. The van der Waals surface area contributed by atoms with Crippen LogP contribution in [0.4, 0.5) is 0 Å². The van der Waals surface area contributed by atoms with Gasteiger partial charge in [0.2, 0.25) is 5.82 Å². The van der Waals surface area contributed by atoms with Gasteiger partial charge in [0.1, 0.15) is 6.61 Å². The van der Waals surface area contributed by atoms with Crippen molar-refractivity contribution in [1.82, 2.24) is 10.1 Å². The van der Waals surface area contributed by atoms with Gasteiger partial charge in [0, 0.05) is 5.56 Å². The van der Waals surface area contributed by atoms with Crippen molar-refractivity contribution in [3.8, 4) is 11.4 Å². The summed E-state index contributed by atoms with van der Waals surface area (Å²) in [6.07, 6.45) is -0.905. The number of carbonyl (C=O) groups is 1. The third-order valence-corrected chi connectivity index (χ3v) is 2.30. The van der Waals surface area contributed by atoms with Gasteiger partial charge in [0.05, 0.1) is 0 Å². The molecule has 0 unspecified atom stereocenters. The van der Waals surface area contributed by atoms with E-state index >= 15 is 0 Å². The molecule has 0 fully saturated rings. The van der Waals surface area contributed by atoms with Gasteiger partial charge in [-0.1, -0.05) is 35.5 Å². The summed E-state index contributed by atoms with van der Waals surface area (Å²) in [7, 11) is 0. The number of nitrogens with zero attached hydrogens (tertiary/aromatic N) is 2. The van der Waals surface area contributed by atoms with Crippen LogP contribution in [0.5, 0.6) is 0 Å². The summed E-state index contributed by atoms with van der Waals surface area (Å²) in [5.74, 6) is -0.322. The maximum atomic E-state index is 10.6. The molecule has 0 saturated carbocycles. The van der Waals surface area contributed by atoms with Gasteiger partial charge < -0.3 is 14.4 Å². The molecular weight excluding hydrogens is 236 g/mol. The number of carboxylic acids is 1. The van der Waals surface area contributed by atoms with Gasteiger partial charge in [0.25, 0.3) is 5.89 Å². The van der Waals surface area contributed by atoms with E-state index in [0.29, 0.717) is 5.82 Å². The fourth-order valence-electron chi connectivity index (χ4n) is 1.29. The highest BCUT2D eigenvalue weighted by Crippen LogP contribution is 2.15. The number of rotatable bonds is 5. The van der Waals surface area contributed by atoms with Crippen LogP contribution in [0, 0.1) is 0 Å². The van der Waals surface area contributed by atoms with E-state index in [1.54, 1.807) is 0 Å². The third-order valence-electron chi connectivity index (χ3n) is 2.30. The van der Waals surface area contributed by atoms with Crippen molar-refractivity contribution in [1.29, 1.82) is 0 Å². The maximum absolute atomic E-state index is 10.6. The molecule has 1 aromatic heterocycles. The Balaban J connectivity index is 2.01. The smallest absolute Gasteiger partial charge is 0.332 e. The first-order chi connectivity index (χ1) is 8.66. The van der Waals surface area contributed by atoms with Crippen LogP contribution < -0.4 is 0 Å². The lowest BCUT2D eigenvalue weighted by Crippen LogP contribution is -2.19. The lowest BCUT2D eigenvalue weighted by atomic mass is 10.2. The van der Waals surface area contributed by atoms with E-state index in [1.807, 2.05) is 30.3 Å². The van der Waals surface area contributed by atoms with Crippen molar-refractivity contribution in [2.75, 3.05) is 0 Å². The molecule has 1 atom stereocenters. The minimum atomic E-state index is -1.03. The second-order valence-electron chi connectivity index (χ2n) is 3.67. The fraction of sp³-hybridized carbons (Fsp3) is 0.250. The minimum absolute atomic E-state index is 0.0205. The quantitative estimate of drug-likeness (QED) is 0.867. The Hall–Kier alpha value is -2.21. The Morgan fingerprint density at radius 2 is 2.17 bits per heavy atom. The molecule has 0 radical (unpaired) electrons. The number of benzene rings is 1. The molecule has 1 heterocycles. The molecule has 2 aromatic rings. The molecule has 1 aromatic carbocycles. The molecule has 94 valence electrons. The normalized spacial score (nSPS) is 12.3. The highest BCUT2D eigenvalue weighted by Gasteiger charge is 2.14. The topological polar surface area (TPSA) is 85.5 Å². The monoisotopic (exact) mass is 248 g/mol. The number of aliphatic carboxylic acids is 1. The zero-order chi connectivity index (χ0) is 13.0. The lowest BCUT2D eigenvalue weighted by molar-refractivity contribution is -0.150. The van der Waals surface area contributed by atoms with Crippen molar-refractivity contribution in [2.45, 2.75) is 19.6 Å². The summed E-state index contributed by atoms with van der Waals surface area (Å²) < 4.78 is 10.0. The Labute approximate surface area is 103 Å². The predicted octanol–water partition coefficient (Wildman–Crippen LogP) is 1.73. The van der Waals surface area contributed by atoms with Crippen molar-refractivity contribution in [3.05, 3.63) is 36.2 Å². The van der Waals surface area contributed by atoms with E-state index in [2.05, 4.69) is 10.1 Å².